The number of hydroxylamine groups is 1. The minimum atomic E-state index is -0.936. The number of para-hydroxylation sites is 2. The third-order valence-corrected chi connectivity index (χ3v) is 6.24. The van der Waals surface area contributed by atoms with Crippen molar-refractivity contribution in [2.45, 2.75) is 19.1 Å². The number of hydrogen-bond donors (Lipinski definition) is 0. The van der Waals surface area contributed by atoms with E-state index in [1.54, 1.807) is 31.4 Å². The van der Waals surface area contributed by atoms with Gasteiger partial charge < -0.3 is 9.47 Å². The van der Waals surface area contributed by atoms with E-state index in [0.29, 0.717) is 17.2 Å². The van der Waals surface area contributed by atoms with Gasteiger partial charge in [-0.2, -0.15) is 0 Å². The molecule has 2 amide bonds. The first kappa shape index (κ1) is 21.0. The second-order valence-electron chi connectivity index (χ2n) is 8.06. The Kier molecular flexibility index (Phi) is 5.26. The summed E-state index contributed by atoms with van der Waals surface area (Å²) in [6.45, 7) is 1.88. The summed E-state index contributed by atoms with van der Waals surface area (Å²) >= 11 is 0. The number of ether oxygens (including phenoxy) is 2. The number of amides is 2. The number of hydrogen-bond acceptors (Lipinski definition) is 6. The molecule has 2 aliphatic rings. The van der Waals surface area contributed by atoms with Gasteiger partial charge in [-0.3, -0.25) is 14.4 Å². The van der Waals surface area contributed by atoms with Crippen LogP contribution in [0.5, 0.6) is 11.5 Å². The number of rotatable bonds is 5. The highest BCUT2D eigenvalue weighted by atomic mass is 16.7. The Morgan fingerprint density at radius 1 is 0.848 bits per heavy atom. The highest BCUT2D eigenvalue weighted by molar-refractivity contribution is 6.24. The smallest absolute Gasteiger partial charge is 0.266 e. The summed E-state index contributed by atoms with van der Waals surface area (Å²) < 4.78 is 11.0. The molecule has 3 aromatic rings. The predicted molar refractivity (Wildman–Crippen MR) is 123 cm³/mol. The van der Waals surface area contributed by atoms with Gasteiger partial charge in [0.25, 0.3) is 5.91 Å². The second-order valence-corrected chi connectivity index (χ2v) is 8.06. The summed E-state index contributed by atoms with van der Waals surface area (Å²) in [4.78, 5) is 34.7. The quantitative estimate of drug-likeness (QED) is 0.553. The normalized spacial score (nSPS) is 22.0. The number of aryl methyl sites for hydroxylation is 1. The van der Waals surface area contributed by atoms with Crippen LogP contribution in [0.25, 0.3) is 0 Å². The van der Waals surface area contributed by atoms with Crippen molar-refractivity contribution in [2.24, 2.45) is 5.92 Å². The molecule has 2 saturated heterocycles. The van der Waals surface area contributed by atoms with Gasteiger partial charge in [-0.1, -0.05) is 36.4 Å². The van der Waals surface area contributed by atoms with Crippen LogP contribution in [0.1, 0.15) is 17.2 Å². The van der Waals surface area contributed by atoms with E-state index < -0.39 is 18.1 Å². The van der Waals surface area contributed by atoms with Crippen LogP contribution in [0.15, 0.2) is 72.8 Å². The van der Waals surface area contributed by atoms with Crippen molar-refractivity contribution < 1.29 is 23.9 Å². The predicted octanol–water partition coefficient (Wildman–Crippen LogP) is 4.06. The molecule has 0 aromatic heterocycles. The summed E-state index contributed by atoms with van der Waals surface area (Å²) in [6.07, 6.45) is -0.936. The van der Waals surface area contributed by atoms with Gasteiger partial charge in [-0.25, -0.2) is 9.96 Å². The number of imide groups is 1. The van der Waals surface area contributed by atoms with Crippen LogP contribution in [0.2, 0.25) is 0 Å². The van der Waals surface area contributed by atoms with Crippen molar-refractivity contribution in [3.63, 3.8) is 0 Å². The number of carbonyl (C=O) groups is 2. The van der Waals surface area contributed by atoms with Crippen molar-refractivity contribution in [2.75, 3.05) is 24.2 Å². The average Bonchev–Trinajstić information content (AvgIpc) is 3.35. The maximum Gasteiger partial charge on any atom is 0.266 e. The van der Waals surface area contributed by atoms with Gasteiger partial charge in [0.2, 0.25) is 5.91 Å². The highest BCUT2D eigenvalue weighted by Gasteiger charge is 2.60. The van der Waals surface area contributed by atoms with Gasteiger partial charge >= 0.3 is 0 Å². The minimum Gasteiger partial charge on any atom is -0.497 e. The summed E-state index contributed by atoms with van der Waals surface area (Å²) in [5.74, 6) is -0.206. The van der Waals surface area contributed by atoms with Gasteiger partial charge in [0.1, 0.15) is 17.4 Å². The third-order valence-electron chi connectivity index (χ3n) is 6.24. The Balaban J connectivity index is 1.64. The molecule has 0 saturated carbocycles. The summed E-state index contributed by atoms with van der Waals surface area (Å²) in [7, 11) is 3.15. The third kappa shape index (κ3) is 3.32. The first-order valence-electron chi connectivity index (χ1n) is 10.7. The lowest BCUT2D eigenvalue weighted by Gasteiger charge is -2.30. The number of nitrogens with zero attached hydrogens (tertiary/aromatic N) is 2. The number of fused-ring (bicyclic) bond motifs is 1. The second kappa shape index (κ2) is 8.26. The maximum atomic E-state index is 13.8. The molecule has 3 aromatic carbocycles. The lowest BCUT2D eigenvalue weighted by molar-refractivity contribution is -0.126. The lowest BCUT2D eigenvalue weighted by atomic mass is 9.90. The molecule has 0 N–H and O–H groups in total. The van der Waals surface area contributed by atoms with E-state index in [1.807, 2.05) is 67.6 Å². The van der Waals surface area contributed by atoms with Crippen molar-refractivity contribution in [3.8, 4) is 11.5 Å². The topological polar surface area (TPSA) is 68.3 Å². The molecule has 168 valence electrons. The zero-order valence-electron chi connectivity index (χ0n) is 18.6. The number of anilines is 2. The Hall–Kier alpha value is -3.84. The largest absolute Gasteiger partial charge is 0.497 e. The van der Waals surface area contributed by atoms with Crippen LogP contribution in [0, 0.1) is 12.8 Å². The van der Waals surface area contributed by atoms with Crippen LogP contribution in [0.4, 0.5) is 11.4 Å². The molecular formula is C26H24N2O5. The van der Waals surface area contributed by atoms with Gasteiger partial charge in [0, 0.05) is 11.6 Å². The first-order chi connectivity index (χ1) is 16.0. The molecule has 2 fully saturated rings. The molecule has 33 heavy (non-hydrogen) atoms. The molecule has 0 spiro atoms. The fourth-order valence-electron chi connectivity index (χ4n) is 4.64. The molecule has 0 aliphatic carbocycles. The Labute approximate surface area is 192 Å². The SMILES string of the molecule is COc1ccc([C@@H]2[C@@H]3C(=O)N(c4ccccc4C)C(=O)[C@H]3ON2c2ccccc2)c(OC)c1. The molecule has 0 unspecified atom stereocenters. The van der Waals surface area contributed by atoms with Crippen molar-refractivity contribution >= 4 is 23.2 Å². The van der Waals surface area contributed by atoms with Gasteiger partial charge in [0.05, 0.1) is 31.6 Å². The molecule has 5 rings (SSSR count). The Morgan fingerprint density at radius 2 is 1.58 bits per heavy atom. The van der Waals surface area contributed by atoms with E-state index in [2.05, 4.69) is 0 Å². The average molecular weight is 444 g/mol. The van der Waals surface area contributed by atoms with Gasteiger partial charge in [-0.15, -0.1) is 0 Å². The van der Waals surface area contributed by atoms with Crippen LogP contribution >= 0.6 is 0 Å². The minimum absolute atomic E-state index is 0.291. The van der Waals surface area contributed by atoms with Crippen LogP contribution < -0.4 is 19.4 Å². The van der Waals surface area contributed by atoms with Gasteiger partial charge in [-0.05, 0) is 42.8 Å². The van der Waals surface area contributed by atoms with E-state index in [1.165, 1.54) is 4.90 Å². The molecule has 7 nitrogen and oxygen atoms in total. The first-order valence-corrected chi connectivity index (χ1v) is 10.7. The summed E-state index contributed by atoms with van der Waals surface area (Å²) in [5, 5.41) is 1.66. The number of methoxy groups -OCH3 is 2. The summed E-state index contributed by atoms with van der Waals surface area (Å²) in [6, 6.07) is 21.7. The Bertz CT molecular complexity index is 1210. The standard InChI is InChI=1S/C26H24N2O5/c1-16-9-7-8-12-20(16)27-25(29)22-23(19-14-13-18(31-2)15-21(19)32-3)28(33-24(22)26(27)30)17-10-5-4-6-11-17/h4-15,22-24H,1-3H3/t22-,23+,24-/m0/s1. The lowest BCUT2D eigenvalue weighted by Crippen LogP contribution is -2.37. The molecule has 0 bridgehead atoms. The van der Waals surface area contributed by atoms with Crippen molar-refractivity contribution in [1.29, 1.82) is 0 Å². The van der Waals surface area contributed by atoms with Crippen LogP contribution in [-0.2, 0) is 14.4 Å². The van der Waals surface area contributed by atoms with E-state index in [9.17, 15) is 9.59 Å². The molecular weight excluding hydrogens is 420 g/mol. The molecule has 0 radical (unpaired) electrons. The van der Waals surface area contributed by atoms with Crippen LogP contribution in [0.3, 0.4) is 0 Å². The summed E-state index contributed by atoms with van der Waals surface area (Å²) in [5.41, 5.74) is 2.91. The zero-order valence-corrected chi connectivity index (χ0v) is 18.6. The number of benzene rings is 3. The van der Waals surface area contributed by atoms with Gasteiger partial charge in [0.15, 0.2) is 6.10 Å². The van der Waals surface area contributed by atoms with Crippen LogP contribution in [-0.4, -0.2) is 32.1 Å². The zero-order chi connectivity index (χ0) is 23.1. The monoisotopic (exact) mass is 444 g/mol. The van der Waals surface area contributed by atoms with Crippen molar-refractivity contribution in [3.05, 3.63) is 83.9 Å². The molecule has 7 heteroatoms. The molecule has 3 atom stereocenters. The highest BCUT2D eigenvalue weighted by Crippen LogP contribution is 2.50. The Morgan fingerprint density at radius 3 is 2.27 bits per heavy atom. The maximum absolute atomic E-state index is 13.8. The van der Waals surface area contributed by atoms with E-state index >= 15 is 0 Å². The molecule has 2 aliphatic heterocycles. The molecule has 2 heterocycles. The number of carbonyl (C=O) groups excluding carboxylic acids is 2. The van der Waals surface area contributed by atoms with E-state index in [-0.39, 0.29) is 11.8 Å². The van der Waals surface area contributed by atoms with E-state index in [0.717, 1.165) is 16.8 Å². The fraction of sp³-hybridized carbons (Fsp3) is 0.231. The van der Waals surface area contributed by atoms with Crippen molar-refractivity contribution in [1.82, 2.24) is 0 Å². The fourth-order valence-corrected chi connectivity index (χ4v) is 4.64. The van der Waals surface area contributed by atoms with E-state index in [4.69, 9.17) is 14.3 Å².